The minimum Gasteiger partial charge on any atom is -0.338 e. The second-order valence-corrected chi connectivity index (χ2v) is 6.05. The predicted molar refractivity (Wildman–Crippen MR) is 89.1 cm³/mol. The first-order valence-corrected chi connectivity index (χ1v) is 7.97. The van der Waals surface area contributed by atoms with Gasteiger partial charge in [0.05, 0.1) is 0 Å². The summed E-state index contributed by atoms with van der Waals surface area (Å²) in [6, 6.07) is 5.29. The van der Waals surface area contributed by atoms with Gasteiger partial charge in [-0.25, -0.2) is 4.79 Å². The molecule has 0 unspecified atom stereocenters. The number of anilines is 2. The number of rotatable bonds is 4. The molecular weight excluding hydrogens is 278 g/mol. The lowest BCUT2D eigenvalue weighted by molar-refractivity contribution is -0.114. The van der Waals surface area contributed by atoms with Gasteiger partial charge in [-0.2, -0.15) is 0 Å². The normalized spacial score (nSPS) is 15.2. The van der Waals surface area contributed by atoms with E-state index in [1.165, 1.54) is 39.0 Å². The van der Waals surface area contributed by atoms with Crippen molar-refractivity contribution in [1.29, 1.82) is 0 Å². The minimum absolute atomic E-state index is 0.128. The van der Waals surface area contributed by atoms with Gasteiger partial charge in [-0.05, 0) is 43.4 Å². The molecule has 3 N–H and O–H groups in total. The number of hydrogen-bond donors (Lipinski definition) is 3. The summed E-state index contributed by atoms with van der Waals surface area (Å²) >= 11 is 0. The number of carbonyl (C=O) groups excluding carboxylic acids is 2. The molecule has 0 aromatic heterocycles. The van der Waals surface area contributed by atoms with Crippen molar-refractivity contribution in [2.75, 3.05) is 17.2 Å². The average molecular weight is 303 g/mol. The van der Waals surface area contributed by atoms with E-state index < -0.39 is 0 Å². The van der Waals surface area contributed by atoms with Crippen molar-refractivity contribution in [3.63, 3.8) is 0 Å². The first-order chi connectivity index (χ1) is 10.5. The molecule has 3 amide bonds. The quantitative estimate of drug-likeness (QED) is 0.794. The standard InChI is InChI=1S/C17H25N3O2/c1-12-8-9-15(19-13(2)21)10-16(12)20-17(22)18-11-14-6-4-3-5-7-14/h8-10,14H,3-7,11H2,1-2H3,(H,19,21)(H2,18,20,22). The van der Waals surface area contributed by atoms with Crippen LogP contribution in [0.2, 0.25) is 0 Å². The summed E-state index contributed by atoms with van der Waals surface area (Å²) in [6.07, 6.45) is 6.27. The molecule has 2 rings (SSSR count). The van der Waals surface area contributed by atoms with E-state index in [-0.39, 0.29) is 11.9 Å². The smallest absolute Gasteiger partial charge is 0.319 e. The zero-order valence-electron chi connectivity index (χ0n) is 13.4. The van der Waals surface area contributed by atoms with E-state index in [1.54, 1.807) is 6.07 Å². The van der Waals surface area contributed by atoms with Crippen LogP contribution in [0.4, 0.5) is 16.2 Å². The van der Waals surface area contributed by atoms with E-state index in [0.29, 0.717) is 17.3 Å². The SMILES string of the molecule is CC(=O)Nc1ccc(C)c(NC(=O)NCC2CCCCC2)c1. The Morgan fingerprint density at radius 1 is 1.14 bits per heavy atom. The maximum atomic E-state index is 12.0. The fraction of sp³-hybridized carbons (Fsp3) is 0.529. The van der Waals surface area contributed by atoms with Crippen molar-refractivity contribution in [3.05, 3.63) is 23.8 Å². The van der Waals surface area contributed by atoms with Crippen LogP contribution >= 0.6 is 0 Å². The Hall–Kier alpha value is -2.04. The highest BCUT2D eigenvalue weighted by molar-refractivity contribution is 5.93. The molecule has 0 radical (unpaired) electrons. The van der Waals surface area contributed by atoms with Crippen LogP contribution in [0.15, 0.2) is 18.2 Å². The summed E-state index contributed by atoms with van der Waals surface area (Å²) in [5.74, 6) is 0.475. The van der Waals surface area contributed by atoms with Gasteiger partial charge in [0.25, 0.3) is 0 Å². The van der Waals surface area contributed by atoms with Crippen molar-refractivity contribution < 1.29 is 9.59 Å². The molecule has 5 heteroatoms. The second kappa shape index (κ2) is 7.82. The van der Waals surface area contributed by atoms with E-state index in [0.717, 1.165) is 12.1 Å². The van der Waals surface area contributed by atoms with E-state index in [2.05, 4.69) is 16.0 Å². The highest BCUT2D eigenvalue weighted by Crippen LogP contribution is 2.23. The largest absolute Gasteiger partial charge is 0.338 e. The monoisotopic (exact) mass is 303 g/mol. The third-order valence-electron chi connectivity index (χ3n) is 4.08. The summed E-state index contributed by atoms with van der Waals surface area (Å²) in [5, 5.41) is 8.53. The van der Waals surface area contributed by atoms with Gasteiger partial charge in [0, 0.05) is 24.8 Å². The first-order valence-electron chi connectivity index (χ1n) is 7.97. The van der Waals surface area contributed by atoms with Crippen LogP contribution < -0.4 is 16.0 Å². The Labute approximate surface area is 131 Å². The topological polar surface area (TPSA) is 70.2 Å². The van der Waals surface area contributed by atoms with Gasteiger partial charge in [-0.1, -0.05) is 25.3 Å². The molecule has 1 aliphatic rings. The number of carbonyl (C=O) groups is 2. The number of urea groups is 1. The molecule has 120 valence electrons. The molecule has 0 spiro atoms. The van der Waals surface area contributed by atoms with Crippen molar-refractivity contribution in [2.45, 2.75) is 46.0 Å². The van der Waals surface area contributed by atoms with Crippen molar-refractivity contribution in [3.8, 4) is 0 Å². The molecule has 5 nitrogen and oxygen atoms in total. The molecule has 22 heavy (non-hydrogen) atoms. The van der Waals surface area contributed by atoms with Crippen molar-refractivity contribution in [1.82, 2.24) is 5.32 Å². The zero-order chi connectivity index (χ0) is 15.9. The van der Waals surface area contributed by atoms with E-state index in [1.807, 2.05) is 19.1 Å². The summed E-state index contributed by atoms with van der Waals surface area (Å²) in [4.78, 5) is 23.1. The number of hydrogen-bond acceptors (Lipinski definition) is 2. The van der Waals surface area contributed by atoms with Crippen LogP contribution in [-0.2, 0) is 4.79 Å². The number of benzene rings is 1. The third kappa shape index (κ3) is 5.06. The summed E-state index contributed by atoms with van der Waals surface area (Å²) < 4.78 is 0. The fourth-order valence-corrected chi connectivity index (χ4v) is 2.83. The molecule has 0 saturated heterocycles. The van der Waals surface area contributed by atoms with Gasteiger partial charge in [-0.3, -0.25) is 4.79 Å². The lowest BCUT2D eigenvalue weighted by atomic mass is 9.89. The second-order valence-electron chi connectivity index (χ2n) is 6.05. The molecule has 1 aliphatic carbocycles. The van der Waals surface area contributed by atoms with E-state index in [4.69, 9.17) is 0 Å². The maximum Gasteiger partial charge on any atom is 0.319 e. The molecule has 1 aromatic rings. The molecule has 1 fully saturated rings. The minimum atomic E-state index is -0.186. The number of amides is 3. The first kappa shape index (κ1) is 16.3. The molecule has 0 atom stereocenters. The van der Waals surface area contributed by atoms with Gasteiger partial charge in [-0.15, -0.1) is 0 Å². The molecular formula is C17H25N3O2. The fourth-order valence-electron chi connectivity index (χ4n) is 2.83. The zero-order valence-corrected chi connectivity index (χ0v) is 13.4. The van der Waals surface area contributed by atoms with Gasteiger partial charge in [0.1, 0.15) is 0 Å². The molecule has 0 heterocycles. The van der Waals surface area contributed by atoms with Crippen LogP contribution in [0.25, 0.3) is 0 Å². The Balaban J connectivity index is 1.88. The number of aryl methyl sites for hydroxylation is 1. The van der Waals surface area contributed by atoms with Gasteiger partial charge < -0.3 is 16.0 Å². The summed E-state index contributed by atoms with van der Waals surface area (Å²) in [7, 11) is 0. The van der Waals surface area contributed by atoms with Crippen LogP contribution in [0, 0.1) is 12.8 Å². The maximum absolute atomic E-state index is 12.0. The Morgan fingerprint density at radius 2 is 1.86 bits per heavy atom. The summed E-state index contributed by atoms with van der Waals surface area (Å²) in [5.41, 5.74) is 2.36. The Bertz CT molecular complexity index is 537. The molecule has 1 saturated carbocycles. The third-order valence-corrected chi connectivity index (χ3v) is 4.08. The molecule has 0 bridgehead atoms. The molecule has 0 aliphatic heterocycles. The predicted octanol–water partition coefficient (Wildman–Crippen LogP) is 3.66. The highest BCUT2D eigenvalue weighted by atomic mass is 16.2. The highest BCUT2D eigenvalue weighted by Gasteiger charge is 2.14. The lowest BCUT2D eigenvalue weighted by Gasteiger charge is -2.22. The van der Waals surface area contributed by atoms with Crippen molar-refractivity contribution in [2.24, 2.45) is 5.92 Å². The van der Waals surface area contributed by atoms with Crippen molar-refractivity contribution >= 4 is 23.3 Å². The van der Waals surface area contributed by atoms with Crippen LogP contribution in [0.3, 0.4) is 0 Å². The van der Waals surface area contributed by atoms with Crippen LogP contribution in [0.1, 0.15) is 44.6 Å². The van der Waals surface area contributed by atoms with Crippen LogP contribution in [0.5, 0.6) is 0 Å². The molecule has 1 aromatic carbocycles. The Morgan fingerprint density at radius 3 is 2.55 bits per heavy atom. The van der Waals surface area contributed by atoms with Gasteiger partial charge in [0.2, 0.25) is 5.91 Å². The summed E-state index contributed by atoms with van der Waals surface area (Å²) in [6.45, 7) is 4.12. The van der Waals surface area contributed by atoms with Crippen LogP contribution in [-0.4, -0.2) is 18.5 Å². The number of nitrogens with one attached hydrogen (secondary N) is 3. The van der Waals surface area contributed by atoms with E-state index >= 15 is 0 Å². The van der Waals surface area contributed by atoms with E-state index in [9.17, 15) is 9.59 Å². The van der Waals surface area contributed by atoms with Gasteiger partial charge in [0.15, 0.2) is 0 Å². The van der Waals surface area contributed by atoms with Gasteiger partial charge >= 0.3 is 6.03 Å². The lowest BCUT2D eigenvalue weighted by Crippen LogP contribution is -2.33. The average Bonchev–Trinajstić information content (AvgIpc) is 2.49. The Kier molecular flexibility index (Phi) is 5.81.